The third-order valence-corrected chi connectivity index (χ3v) is 3.39. The van der Waals surface area contributed by atoms with Crippen molar-refractivity contribution >= 4 is 15.9 Å². The van der Waals surface area contributed by atoms with Gasteiger partial charge in [0.25, 0.3) is 0 Å². The molecule has 0 saturated carbocycles. The summed E-state index contributed by atoms with van der Waals surface area (Å²) in [5.41, 5.74) is 2.69. The van der Waals surface area contributed by atoms with Crippen molar-refractivity contribution in [1.29, 1.82) is 0 Å². The number of hydrogen-bond donors (Lipinski definition) is 1. The summed E-state index contributed by atoms with van der Waals surface area (Å²) in [5, 5.41) is 3.46. The van der Waals surface area contributed by atoms with E-state index in [0.29, 0.717) is 0 Å². The minimum absolute atomic E-state index is 0.911. The molecule has 1 aromatic carbocycles. The fourth-order valence-corrected chi connectivity index (χ4v) is 2.06. The quantitative estimate of drug-likeness (QED) is 0.603. The Hall–Kier alpha value is -0.860. The van der Waals surface area contributed by atoms with E-state index in [9.17, 15) is 0 Å². The van der Waals surface area contributed by atoms with E-state index in [1.807, 2.05) is 6.07 Å². The highest BCUT2D eigenvalue weighted by Gasteiger charge is 1.97. The molecule has 2 heteroatoms. The van der Waals surface area contributed by atoms with E-state index < -0.39 is 0 Å². The maximum absolute atomic E-state index is 3.55. The molecule has 1 rings (SSSR count). The fourth-order valence-electron chi connectivity index (χ4n) is 1.64. The van der Waals surface area contributed by atoms with Gasteiger partial charge in [-0.25, -0.2) is 0 Å². The first-order chi connectivity index (χ1) is 8.27. The standard InChI is InChI=1S/C15H20BrN/c1-3-7-13(4-2)10-11-17-12-14-8-5-6-9-15(14)16/h3-9,17H,10-12H2,1-2H3/b7-3-,13-4+. The molecule has 0 aliphatic rings. The molecular formula is C15H20BrN. The molecule has 1 N–H and O–H groups in total. The van der Waals surface area contributed by atoms with Gasteiger partial charge < -0.3 is 5.32 Å². The van der Waals surface area contributed by atoms with Crippen molar-refractivity contribution in [3.05, 3.63) is 58.1 Å². The van der Waals surface area contributed by atoms with Gasteiger partial charge in [-0.3, -0.25) is 0 Å². The van der Waals surface area contributed by atoms with E-state index in [1.54, 1.807) is 0 Å². The molecule has 0 aromatic heterocycles. The molecule has 0 radical (unpaired) electrons. The van der Waals surface area contributed by atoms with Gasteiger partial charge in [0.15, 0.2) is 0 Å². The second-order valence-electron chi connectivity index (χ2n) is 3.88. The van der Waals surface area contributed by atoms with Gasteiger partial charge in [-0.2, -0.15) is 0 Å². The number of allylic oxidation sites excluding steroid dienone is 3. The van der Waals surface area contributed by atoms with Crippen LogP contribution in [0.5, 0.6) is 0 Å². The van der Waals surface area contributed by atoms with Crippen LogP contribution >= 0.6 is 15.9 Å². The van der Waals surface area contributed by atoms with E-state index in [0.717, 1.165) is 19.5 Å². The van der Waals surface area contributed by atoms with Crippen molar-refractivity contribution in [2.24, 2.45) is 0 Å². The van der Waals surface area contributed by atoms with Crippen LogP contribution in [0.1, 0.15) is 25.8 Å². The highest BCUT2D eigenvalue weighted by Crippen LogP contribution is 2.15. The lowest BCUT2D eigenvalue weighted by atomic mass is 10.1. The molecule has 1 aromatic rings. The van der Waals surface area contributed by atoms with Crippen molar-refractivity contribution in [3.8, 4) is 0 Å². The summed E-state index contributed by atoms with van der Waals surface area (Å²) >= 11 is 3.55. The lowest BCUT2D eigenvalue weighted by Gasteiger charge is -2.07. The minimum Gasteiger partial charge on any atom is -0.312 e. The second kappa shape index (κ2) is 8.26. The number of rotatable bonds is 6. The fraction of sp³-hybridized carbons (Fsp3) is 0.333. The average Bonchev–Trinajstić information content (AvgIpc) is 2.35. The summed E-state index contributed by atoms with van der Waals surface area (Å²) in [6, 6.07) is 8.32. The number of benzene rings is 1. The second-order valence-corrected chi connectivity index (χ2v) is 4.74. The van der Waals surface area contributed by atoms with E-state index in [1.165, 1.54) is 15.6 Å². The molecule has 0 heterocycles. The van der Waals surface area contributed by atoms with Crippen molar-refractivity contribution in [2.75, 3.05) is 6.54 Å². The Labute approximate surface area is 113 Å². The zero-order valence-corrected chi connectivity index (χ0v) is 12.1. The van der Waals surface area contributed by atoms with Crippen molar-refractivity contribution in [2.45, 2.75) is 26.8 Å². The first kappa shape index (κ1) is 14.2. The maximum Gasteiger partial charge on any atom is 0.0220 e. The molecule has 0 aliphatic carbocycles. The first-order valence-corrected chi connectivity index (χ1v) is 6.79. The van der Waals surface area contributed by atoms with Gasteiger partial charge in [0.2, 0.25) is 0 Å². The van der Waals surface area contributed by atoms with Crippen LogP contribution in [0, 0.1) is 0 Å². The van der Waals surface area contributed by atoms with Crippen molar-refractivity contribution in [1.82, 2.24) is 5.32 Å². The van der Waals surface area contributed by atoms with Gasteiger partial charge >= 0.3 is 0 Å². The molecule has 1 nitrogen and oxygen atoms in total. The molecule has 92 valence electrons. The van der Waals surface area contributed by atoms with Crippen molar-refractivity contribution < 1.29 is 0 Å². The van der Waals surface area contributed by atoms with Crippen LogP contribution in [0.4, 0.5) is 0 Å². The summed E-state index contributed by atoms with van der Waals surface area (Å²) in [7, 11) is 0. The third kappa shape index (κ3) is 5.33. The number of halogens is 1. The molecule has 17 heavy (non-hydrogen) atoms. The molecule has 0 saturated heterocycles. The van der Waals surface area contributed by atoms with Gasteiger partial charge in [0.1, 0.15) is 0 Å². The Morgan fingerprint density at radius 3 is 2.71 bits per heavy atom. The Morgan fingerprint density at radius 2 is 2.06 bits per heavy atom. The summed E-state index contributed by atoms with van der Waals surface area (Å²) in [4.78, 5) is 0. The van der Waals surface area contributed by atoms with Gasteiger partial charge in [-0.15, -0.1) is 0 Å². The van der Waals surface area contributed by atoms with Crippen LogP contribution in [-0.4, -0.2) is 6.54 Å². The predicted octanol–water partition coefficient (Wildman–Crippen LogP) is 4.45. The molecule has 0 amide bonds. The smallest absolute Gasteiger partial charge is 0.0220 e. The largest absolute Gasteiger partial charge is 0.312 e. The summed E-state index contributed by atoms with van der Waals surface area (Å²) < 4.78 is 1.17. The Balaban J connectivity index is 2.32. The predicted molar refractivity (Wildman–Crippen MR) is 79.0 cm³/mol. The average molecular weight is 294 g/mol. The first-order valence-electron chi connectivity index (χ1n) is 6.00. The number of hydrogen-bond acceptors (Lipinski definition) is 1. The molecule has 0 unspecified atom stereocenters. The van der Waals surface area contributed by atoms with Crippen molar-refractivity contribution in [3.63, 3.8) is 0 Å². The molecule has 0 spiro atoms. The Bertz CT molecular complexity index is 394. The summed E-state index contributed by atoms with van der Waals surface area (Å²) in [6.07, 6.45) is 7.49. The minimum atomic E-state index is 0.911. The van der Waals surface area contributed by atoms with E-state index in [2.05, 4.69) is 71.5 Å². The Kier molecular flexibility index (Phi) is 6.90. The lowest BCUT2D eigenvalue weighted by Crippen LogP contribution is -2.15. The van der Waals surface area contributed by atoms with Crippen LogP contribution in [-0.2, 0) is 6.54 Å². The van der Waals surface area contributed by atoms with Gasteiger partial charge in [-0.05, 0) is 38.4 Å². The highest BCUT2D eigenvalue weighted by atomic mass is 79.9. The van der Waals surface area contributed by atoms with Gasteiger partial charge in [0.05, 0.1) is 0 Å². The SMILES string of the molecule is C/C=C\C(=C/C)CCNCc1ccccc1Br. The molecule has 0 fully saturated rings. The maximum atomic E-state index is 3.55. The van der Waals surface area contributed by atoms with E-state index in [4.69, 9.17) is 0 Å². The summed E-state index contributed by atoms with van der Waals surface area (Å²) in [6.45, 7) is 6.06. The van der Waals surface area contributed by atoms with Crippen LogP contribution in [0.3, 0.4) is 0 Å². The molecule has 0 aliphatic heterocycles. The summed E-state index contributed by atoms with van der Waals surface area (Å²) in [5.74, 6) is 0. The highest BCUT2D eigenvalue weighted by molar-refractivity contribution is 9.10. The lowest BCUT2D eigenvalue weighted by molar-refractivity contribution is 0.686. The Morgan fingerprint density at radius 1 is 1.29 bits per heavy atom. The zero-order chi connectivity index (χ0) is 12.5. The van der Waals surface area contributed by atoms with Gasteiger partial charge in [-0.1, -0.05) is 57.9 Å². The monoisotopic (exact) mass is 293 g/mol. The number of nitrogens with one attached hydrogen (secondary N) is 1. The van der Waals surface area contributed by atoms with Crippen LogP contribution < -0.4 is 5.32 Å². The normalized spacial score (nSPS) is 12.3. The topological polar surface area (TPSA) is 12.0 Å². The molecule has 0 atom stereocenters. The van der Waals surface area contributed by atoms with E-state index >= 15 is 0 Å². The molecular weight excluding hydrogens is 274 g/mol. The zero-order valence-electron chi connectivity index (χ0n) is 10.5. The third-order valence-electron chi connectivity index (χ3n) is 2.62. The van der Waals surface area contributed by atoms with Crippen LogP contribution in [0.2, 0.25) is 0 Å². The van der Waals surface area contributed by atoms with Crippen LogP contribution in [0.15, 0.2) is 52.5 Å². The molecule has 0 bridgehead atoms. The van der Waals surface area contributed by atoms with Crippen LogP contribution in [0.25, 0.3) is 0 Å². The van der Waals surface area contributed by atoms with Gasteiger partial charge in [0, 0.05) is 11.0 Å². The van der Waals surface area contributed by atoms with E-state index in [-0.39, 0.29) is 0 Å².